The molecule has 4 nitrogen and oxygen atoms in total. The number of carbonyl (C=O) groups is 1. The van der Waals surface area contributed by atoms with Crippen LogP contribution in [0, 0.1) is 0 Å². The second-order valence-corrected chi connectivity index (χ2v) is 3.00. The Bertz CT molecular complexity index is 371. The number of hydrogen-bond acceptors (Lipinski definition) is 4. The van der Waals surface area contributed by atoms with Crippen LogP contribution < -0.4 is 4.74 Å². The predicted molar refractivity (Wildman–Crippen MR) is 60.1 cm³/mol. The Morgan fingerprint density at radius 1 is 1.50 bits per heavy atom. The smallest absolute Gasteiger partial charge is 0.330 e. The molecule has 0 radical (unpaired) electrons. The number of rotatable bonds is 5. The van der Waals surface area contributed by atoms with Crippen LogP contribution in [0.25, 0.3) is 6.08 Å². The van der Waals surface area contributed by atoms with Crippen molar-refractivity contribution < 1.29 is 19.4 Å². The summed E-state index contributed by atoms with van der Waals surface area (Å²) >= 11 is 0. The average Bonchev–Trinajstić information content (AvgIpc) is 2.34. The monoisotopic (exact) mass is 222 g/mol. The van der Waals surface area contributed by atoms with E-state index in [9.17, 15) is 4.79 Å². The molecule has 0 unspecified atom stereocenters. The van der Waals surface area contributed by atoms with E-state index < -0.39 is 5.97 Å². The second-order valence-electron chi connectivity index (χ2n) is 3.00. The predicted octanol–water partition coefficient (Wildman–Crippen LogP) is 1.24. The number of carbonyl (C=O) groups excluding carboxylic acids is 1. The highest BCUT2D eigenvalue weighted by Gasteiger charge is 1.95. The lowest BCUT2D eigenvalue weighted by atomic mass is 10.2. The van der Waals surface area contributed by atoms with Crippen LogP contribution in [-0.2, 0) is 9.53 Å². The number of esters is 1. The van der Waals surface area contributed by atoms with Crippen molar-refractivity contribution >= 4 is 12.0 Å². The van der Waals surface area contributed by atoms with Crippen LogP contribution in [0.4, 0.5) is 0 Å². The van der Waals surface area contributed by atoms with Gasteiger partial charge in [0, 0.05) is 6.08 Å². The average molecular weight is 222 g/mol. The lowest BCUT2D eigenvalue weighted by molar-refractivity contribution is -0.134. The van der Waals surface area contributed by atoms with E-state index >= 15 is 0 Å². The van der Waals surface area contributed by atoms with Crippen molar-refractivity contribution in [1.82, 2.24) is 0 Å². The fraction of sp³-hybridized carbons (Fsp3) is 0.250. The third-order valence-corrected chi connectivity index (χ3v) is 1.83. The Hall–Kier alpha value is -1.81. The molecule has 0 spiro atoms. The SMILES string of the molecule is COC(=O)/C=C/c1cccc(OCCO)c1. The Balaban J connectivity index is 2.66. The number of aliphatic hydroxyl groups excluding tert-OH is 1. The van der Waals surface area contributed by atoms with Gasteiger partial charge in [0.25, 0.3) is 0 Å². The maximum Gasteiger partial charge on any atom is 0.330 e. The highest BCUT2D eigenvalue weighted by molar-refractivity contribution is 5.86. The van der Waals surface area contributed by atoms with Crippen LogP contribution in [0.15, 0.2) is 30.3 Å². The van der Waals surface area contributed by atoms with Crippen molar-refractivity contribution in [2.75, 3.05) is 20.3 Å². The van der Waals surface area contributed by atoms with Crippen molar-refractivity contribution in [2.45, 2.75) is 0 Å². The lowest BCUT2D eigenvalue weighted by Gasteiger charge is -2.04. The molecule has 1 aromatic rings. The van der Waals surface area contributed by atoms with E-state index in [1.54, 1.807) is 18.2 Å². The Morgan fingerprint density at radius 3 is 3.00 bits per heavy atom. The van der Waals surface area contributed by atoms with E-state index in [4.69, 9.17) is 9.84 Å². The number of ether oxygens (including phenoxy) is 2. The summed E-state index contributed by atoms with van der Waals surface area (Å²) in [7, 11) is 1.33. The van der Waals surface area contributed by atoms with E-state index in [2.05, 4.69) is 4.74 Å². The molecule has 0 saturated carbocycles. The summed E-state index contributed by atoms with van der Waals surface area (Å²) < 4.78 is 9.71. The number of hydrogen-bond donors (Lipinski definition) is 1. The van der Waals surface area contributed by atoms with Gasteiger partial charge in [0.1, 0.15) is 12.4 Å². The molecule has 0 aliphatic carbocycles. The molecule has 0 heterocycles. The van der Waals surface area contributed by atoms with Gasteiger partial charge in [0.2, 0.25) is 0 Å². The first kappa shape index (κ1) is 12.3. The molecule has 0 bridgehead atoms. The van der Waals surface area contributed by atoms with Crippen molar-refractivity contribution in [1.29, 1.82) is 0 Å². The van der Waals surface area contributed by atoms with Crippen LogP contribution in [0.5, 0.6) is 5.75 Å². The molecule has 0 amide bonds. The molecule has 0 saturated heterocycles. The van der Waals surface area contributed by atoms with Crippen molar-refractivity contribution in [2.24, 2.45) is 0 Å². The van der Waals surface area contributed by atoms with Crippen LogP contribution in [0.2, 0.25) is 0 Å². The van der Waals surface area contributed by atoms with Gasteiger partial charge in [-0.3, -0.25) is 0 Å². The minimum absolute atomic E-state index is 0.0256. The Kier molecular flexibility index (Phi) is 5.08. The summed E-state index contributed by atoms with van der Waals surface area (Å²) in [5.74, 6) is 0.253. The first-order valence-electron chi connectivity index (χ1n) is 4.86. The minimum Gasteiger partial charge on any atom is -0.491 e. The topological polar surface area (TPSA) is 55.8 Å². The second kappa shape index (κ2) is 6.63. The van der Waals surface area contributed by atoms with E-state index in [1.807, 2.05) is 12.1 Å². The summed E-state index contributed by atoms with van der Waals surface area (Å²) in [5, 5.41) is 8.60. The van der Waals surface area contributed by atoms with Gasteiger partial charge in [-0.15, -0.1) is 0 Å². The van der Waals surface area contributed by atoms with Gasteiger partial charge in [0.05, 0.1) is 13.7 Å². The zero-order chi connectivity index (χ0) is 11.8. The maximum absolute atomic E-state index is 10.9. The molecule has 0 fully saturated rings. The van der Waals surface area contributed by atoms with Crippen molar-refractivity contribution in [3.8, 4) is 5.75 Å². The van der Waals surface area contributed by atoms with Gasteiger partial charge in [-0.25, -0.2) is 4.79 Å². The molecule has 0 aliphatic rings. The van der Waals surface area contributed by atoms with Crippen molar-refractivity contribution in [3.63, 3.8) is 0 Å². The summed E-state index contributed by atoms with van der Waals surface area (Å²) in [5.41, 5.74) is 0.834. The largest absolute Gasteiger partial charge is 0.491 e. The third kappa shape index (κ3) is 4.14. The number of benzene rings is 1. The van der Waals surface area contributed by atoms with Crippen LogP contribution in [-0.4, -0.2) is 31.4 Å². The van der Waals surface area contributed by atoms with Crippen LogP contribution in [0.3, 0.4) is 0 Å². The lowest BCUT2D eigenvalue weighted by Crippen LogP contribution is -2.01. The van der Waals surface area contributed by atoms with E-state index in [0.717, 1.165) is 5.56 Å². The van der Waals surface area contributed by atoms with Gasteiger partial charge in [-0.2, -0.15) is 0 Å². The summed E-state index contributed by atoms with van der Waals surface area (Å²) in [6.45, 7) is 0.229. The molecule has 0 atom stereocenters. The van der Waals surface area contributed by atoms with Crippen molar-refractivity contribution in [3.05, 3.63) is 35.9 Å². The summed E-state index contributed by atoms with van der Waals surface area (Å²) in [6.07, 6.45) is 2.97. The fourth-order valence-electron chi connectivity index (χ4n) is 1.10. The first-order valence-corrected chi connectivity index (χ1v) is 4.86. The maximum atomic E-state index is 10.9. The van der Waals surface area contributed by atoms with Gasteiger partial charge in [-0.05, 0) is 23.8 Å². The number of aliphatic hydroxyl groups is 1. The minimum atomic E-state index is -0.401. The van der Waals surface area contributed by atoms with Crippen LogP contribution >= 0.6 is 0 Å². The molecular formula is C12H14O4. The zero-order valence-corrected chi connectivity index (χ0v) is 9.05. The Labute approximate surface area is 94.1 Å². The highest BCUT2D eigenvalue weighted by Crippen LogP contribution is 2.14. The van der Waals surface area contributed by atoms with Gasteiger partial charge in [0.15, 0.2) is 0 Å². The van der Waals surface area contributed by atoms with E-state index in [1.165, 1.54) is 13.2 Å². The van der Waals surface area contributed by atoms with Gasteiger partial charge < -0.3 is 14.6 Å². The normalized spacial score (nSPS) is 10.4. The fourth-order valence-corrected chi connectivity index (χ4v) is 1.10. The molecule has 1 rings (SSSR count). The standard InChI is InChI=1S/C12H14O4/c1-15-12(14)6-5-10-3-2-4-11(9-10)16-8-7-13/h2-6,9,13H,7-8H2,1H3/b6-5+. The summed E-state index contributed by atoms with van der Waals surface area (Å²) in [4.78, 5) is 10.9. The quantitative estimate of drug-likeness (QED) is 0.601. The Morgan fingerprint density at radius 2 is 2.31 bits per heavy atom. The molecule has 0 aromatic heterocycles. The molecule has 1 N–H and O–H groups in total. The first-order chi connectivity index (χ1) is 7.76. The molecule has 86 valence electrons. The molecule has 16 heavy (non-hydrogen) atoms. The van der Waals surface area contributed by atoms with Crippen LogP contribution in [0.1, 0.15) is 5.56 Å². The van der Waals surface area contributed by atoms with Gasteiger partial charge in [-0.1, -0.05) is 12.1 Å². The third-order valence-electron chi connectivity index (χ3n) is 1.83. The van der Waals surface area contributed by atoms with Gasteiger partial charge >= 0.3 is 5.97 Å². The zero-order valence-electron chi connectivity index (χ0n) is 9.05. The number of methoxy groups -OCH3 is 1. The van der Waals surface area contributed by atoms with E-state index in [-0.39, 0.29) is 13.2 Å². The summed E-state index contributed by atoms with van der Waals surface area (Å²) in [6, 6.07) is 7.20. The highest BCUT2D eigenvalue weighted by atomic mass is 16.5. The molecule has 4 heteroatoms. The molecule has 1 aromatic carbocycles. The van der Waals surface area contributed by atoms with E-state index in [0.29, 0.717) is 5.75 Å². The molecular weight excluding hydrogens is 208 g/mol. The molecule has 0 aliphatic heterocycles.